The Morgan fingerprint density at radius 3 is 1.72 bits per heavy atom. The second-order valence-corrected chi connectivity index (χ2v) is 8.85. The van der Waals surface area contributed by atoms with Crippen LogP contribution in [0.15, 0.2) is 28.7 Å². The third-order valence-corrected chi connectivity index (χ3v) is 7.27. The Kier molecular flexibility index (Phi) is 3.36. The van der Waals surface area contributed by atoms with Crippen molar-refractivity contribution in [2.75, 3.05) is 26.2 Å². The molecule has 1 aromatic carbocycles. The molecule has 4 saturated heterocycles. The molecule has 8 nitrogen and oxygen atoms in total. The van der Waals surface area contributed by atoms with Gasteiger partial charge in [-0.05, 0) is 31.5 Å². The lowest BCUT2D eigenvalue weighted by molar-refractivity contribution is -0.679. The van der Waals surface area contributed by atoms with Gasteiger partial charge in [0.1, 0.15) is 5.41 Å². The SMILES string of the molecule is CC1(C)C2([N+](=O)[O-])CN3CC1([N+](=O)[O-])CN(C2)C3c1ccc(Br)cc1. The van der Waals surface area contributed by atoms with Crippen LogP contribution in [0.3, 0.4) is 0 Å². The van der Waals surface area contributed by atoms with Crippen LogP contribution in [0, 0.1) is 25.6 Å². The minimum atomic E-state index is -1.33. The molecular formula is C16H19BrN4O4. The van der Waals surface area contributed by atoms with Gasteiger partial charge >= 0.3 is 0 Å². The fourth-order valence-electron chi connectivity index (χ4n) is 5.10. The number of nitrogens with zero attached hydrogens (tertiary/aromatic N) is 4. The van der Waals surface area contributed by atoms with Crippen LogP contribution in [0.5, 0.6) is 0 Å². The highest BCUT2D eigenvalue weighted by Crippen LogP contribution is 2.58. The molecule has 4 bridgehead atoms. The van der Waals surface area contributed by atoms with Crippen molar-refractivity contribution in [3.8, 4) is 0 Å². The molecule has 4 aliphatic heterocycles. The van der Waals surface area contributed by atoms with Gasteiger partial charge in [0.15, 0.2) is 0 Å². The summed E-state index contributed by atoms with van der Waals surface area (Å²) >= 11 is 3.41. The van der Waals surface area contributed by atoms with Gasteiger partial charge in [-0.15, -0.1) is 0 Å². The van der Waals surface area contributed by atoms with Gasteiger partial charge in [0, 0.05) is 14.3 Å². The number of halogens is 1. The number of piperidine rings is 2. The third-order valence-electron chi connectivity index (χ3n) is 6.74. The first kappa shape index (κ1) is 16.9. The largest absolute Gasteiger partial charge is 0.270 e. The van der Waals surface area contributed by atoms with Gasteiger partial charge in [0.2, 0.25) is 0 Å². The maximum absolute atomic E-state index is 12.0. The second-order valence-electron chi connectivity index (χ2n) is 7.94. The van der Waals surface area contributed by atoms with E-state index in [4.69, 9.17) is 0 Å². The van der Waals surface area contributed by atoms with Crippen LogP contribution >= 0.6 is 15.9 Å². The van der Waals surface area contributed by atoms with E-state index in [1.165, 1.54) is 0 Å². The minimum Gasteiger partial charge on any atom is -0.270 e. The van der Waals surface area contributed by atoms with Crippen molar-refractivity contribution in [3.05, 3.63) is 54.5 Å². The van der Waals surface area contributed by atoms with Crippen molar-refractivity contribution in [2.24, 2.45) is 5.41 Å². The topological polar surface area (TPSA) is 92.8 Å². The van der Waals surface area contributed by atoms with Gasteiger partial charge in [-0.25, -0.2) is 0 Å². The second kappa shape index (κ2) is 4.99. The average Bonchev–Trinajstić information content (AvgIpc) is 2.52. The molecule has 9 heteroatoms. The molecule has 0 N–H and O–H groups in total. The minimum absolute atomic E-state index is 0.148. The summed E-state index contributed by atoms with van der Waals surface area (Å²) in [5, 5.41) is 24.1. The first-order valence-corrected chi connectivity index (χ1v) is 8.97. The van der Waals surface area contributed by atoms with Gasteiger partial charge < -0.3 is 0 Å². The van der Waals surface area contributed by atoms with Crippen LogP contribution in [0.25, 0.3) is 0 Å². The van der Waals surface area contributed by atoms with Gasteiger partial charge in [0.05, 0.1) is 32.3 Å². The lowest BCUT2D eigenvalue weighted by atomic mass is 9.53. The van der Waals surface area contributed by atoms with Crippen molar-refractivity contribution in [2.45, 2.75) is 31.1 Å². The van der Waals surface area contributed by atoms with Gasteiger partial charge in [-0.3, -0.25) is 30.0 Å². The van der Waals surface area contributed by atoms with Gasteiger partial charge in [-0.1, -0.05) is 28.1 Å². The Hall–Kier alpha value is -1.58. The summed E-state index contributed by atoms with van der Waals surface area (Å²) in [5.74, 6) is 0. The lowest BCUT2D eigenvalue weighted by Crippen LogP contribution is -2.88. The van der Waals surface area contributed by atoms with Crippen molar-refractivity contribution >= 4 is 15.9 Å². The highest BCUT2D eigenvalue weighted by Gasteiger charge is 2.81. The molecule has 5 rings (SSSR count). The molecule has 0 saturated carbocycles. The van der Waals surface area contributed by atoms with Crippen LogP contribution in [0.1, 0.15) is 25.6 Å². The molecule has 4 fully saturated rings. The van der Waals surface area contributed by atoms with Crippen LogP contribution in [0.4, 0.5) is 0 Å². The van der Waals surface area contributed by atoms with E-state index in [1.54, 1.807) is 13.8 Å². The van der Waals surface area contributed by atoms with Crippen molar-refractivity contribution in [1.82, 2.24) is 9.80 Å². The number of benzene rings is 1. The Morgan fingerprint density at radius 1 is 0.960 bits per heavy atom. The highest BCUT2D eigenvalue weighted by atomic mass is 79.9. The van der Waals surface area contributed by atoms with E-state index in [9.17, 15) is 20.2 Å². The van der Waals surface area contributed by atoms with Crippen molar-refractivity contribution in [1.29, 1.82) is 0 Å². The monoisotopic (exact) mass is 410 g/mol. The van der Waals surface area contributed by atoms with Crippen molar-refractivity contribution in [3.63, 3.8) is 0 Å². The maximum atomic E-state index is 12.0. The summed E-state index contributed by atoms with van der Waals surface area (Å²) < 4.78 is 0.953. The van der Waals surface area contributed by atoms with Crippen LogP contribution in [-0.2, 0) is 0 Å². The van der Waals surface area contributed by atoms with E-state index in [1.807, 2.05) is 34.1 Å². The average molecular weight is 411 g/mol. The number of hydrogen-bond donors (Lipinski definition) is 0. The zero-order valence-electron chi connectivity index (χ0n) is 14.0. The van der Waals surface area contributed by atoms with E-state index >= 15 is 0 Å². The molecule has 0 atom stereocenters. The van der Waals surface area contributed by atoms with E-state index in [0.717, 1.165) is 10.0 Å². The zero-order valence-corrected chi connectivity index (χ0v) is 15.6. The Balaban J connectivity index is 1.83. The standard InChI is InChI=1S/C16H19BrN4O4/c1-14(2)15(20(22)23)7-18-9-16(14,21(24)25)10-19(8-15)13(18)11-3-5-12(17)6-4-11/h3-6,13H,7-10H2,1-2H3. The predicted molar refractivity (Wildman–Crippen MR) is 93.3 cm³/mol. The first-order valence-electron chi connectivity index (χ1n) is 8.17. The molecule has 0 spiro atoms. The molecule has 134 valence electrons. The molecule has 4 aliphatic rings. The summed E-state index contributed by atoms with van der Waals surface area (Å²) in [6, 6.07) is 7.80. The Morgan fingerprint density at radius 2 is 1.36 bits per heavy atom. The van der Waals surface area contributed by atoms with Crippen molar-refractivity contribution < 1.29 is 9.85 Å². The van der Waals surface area contributed by atoms with Gasteiger partial charge in [-0.2, -0.15) is 0 Å². The molecule has 0 radical (unpaired) electrons. The number of hydrogen-bond acceptors (Lipinski definition) is 6. The summed E-state index contributed by atoms with van der Waals surface area (Å²) in [6.07, 6.45) is -0.148. The molecule has 0 aromatic heterocycles. The van der Waals surface area contributed by atoms with Crippen LogP contribution in [-0.4, -0.2) is 56.9 Å². The van der Waals surface area contributed by atoms with Crippen LogP contribution in [0.2, 0.25) is 0 Å². The smallest absolute Gasteiger partial charge is 0.259 e. The fraction of sp³-hybridized carbons (Fsp3) is 0.625. The number of rotatable bonds is 3. The molecular weight excluding hydrogens is 392 g/mol. The van der Waals surface area contributed by atoms with E-state index in [-0.39, 0.29) is 42.2 Å². The predicted octanol–water partition coefficient (Wildman–Crippen LogP) is 2.15. The van der Waals surface area contributed by atoms with E-state index in [2.05, 4.69) is 15.9 Å². The Labute approximate surface area is 153 Å². The first-order chi connectivity index (χ1) is 11.6. The maximum Gasteiger partial charge on any atom is 0.259 e. The Bertz CT molecular complexity index is 714. The highest BCUT2D eigenvalue weighted by molar-refractivity contribution is 9.10. The summed E-state index contributed by atoms with van der Waals surface area (Å²) in [5.41, 5.74) is -2.67. The third kappa shape index (κ3) is 1.89. The summed E-state index contributed by atoms with van der Waals surface area (Å²) in [4.78, 5) is 27.4. The molecule has 25 heavy (non-hydrogen) atoms. The normalized spacial score (nSPS) is 40.8. The quantitative estimate of drug-likeness (QED) is 0.559. The zero-order chi connectivity index (χ0) is 18.2. The molecule has 0 unspecified atom stereocenters. The molecule has 0 aliphatic carbocycles. The molecule has 1 aromatic rings. The summed E-state index contributed by atoms with van der Waals surface area (Å²) in [7, 11) is 0. The lowest BCUT2D eigenvalue weighted by Gasteiger charge is -2.66. The van der Waals surface area contributed by atoms with Crippen LogP contribution < -0.4 is 0 Å². The van der Waals surface area contributed by atoms with E-state index in [0.29, 0.717) is 0 Å². The van der Waals surface area contributed by atoms with E-state index < -0.39 is 16.5 Å². The fourth-order valence-corrected chi connectivity index (χ4v) is 5.36. The van der Waals surface area contributed by atoms with Gasteiger partial charge in [0.25, 0.3) is 11.1 Å². The molecule has 4 heterocycles. The summed E-state index contributed by atoms with van der Waals surface area (Å²) in [6.45, 7) is 4.35. The number of nitro groups is 2. The molecule has 0 amide bonds.